The van der Waals surface area contributed by atoms with Crippen LogP contribution in [0.2, 0.25) is 0 Å². The van der Waals surface area contributed by atoms with Gasteiger partial charge >= 0.3 is 0 Å². The largest absolute Gasteiger partial charge is 0.390 e. The topological polar surface area (TPSA) is 134 Å². The Bertz CT molecular complexity index is 588. The minimum Gasteiger partial charge on any atom is -0.390 e. The highest BCUT2D eigenvalue weighted by molar-refractivity contribution is 5.81. The van der Waals surface area contributed by atoms with Crippen molar-refractivity contribution in [2.75, 3.05) is 12.3 Å². The zero-order valence-electron chi connectivity index (χ0n) is 10.0. The summed E-state index contributed by atoms with van der Waals surface area (Å²) in [5.74, 6) is 5.31. The number of nitrogens with two attached hydrogens (primary N) is 2. The molecule has 5 N–H and O–H groups in total. The van der Waals surface area contributed by atoms with Crippen molar-refractivity contribution < 1.29 is 14.7 Å². The molecule has 0 aromatic carbocycles. The van der Waals surface area contributed by atoms with Gasteiger partial charge in [0.2, 0.25) is 0 Å². The Labute approximate surface area is 108 Å². The number of imidazole rings is 1. The Balaban J connectivity index is 1.91. The van der Waals surface area contributed by atoms with Gasteiger partial charge in [0.1, 0.15) is 24.2 Å². The van der Waals surface area contributed by atoms with E-state index in [0.717, 1.165) is 0 Å². The quantitative estimate of drug-likeness (QED) is 0.599. The van der Waals surface area contributed by atoms with Crippen LogP contribution in [-0.2, 0) is 9.57 Å². The molecule has 2 aromatic rings. The lowest BCUT2D eigenvalue weighted by Gasteiger charge is -2.14. The van der Waals surface area contributed by atoms with E-state index >= 15 is 0 Å². The third-order valence-corrected chi connectivity index (χ3v) is 3.16. The van der Waals surface area contributed by atoms with Gasteiger partial charge in [0.05, 0.1) is 19.0 Å². The van der Waals surface area contributed by atoms with Crippen molar-refractivity contribution in [1.29, 1.82) is 0 Å². The maximum atomic E-state index is 9.86. The molecular formula is C10H14N6O3. The van der Waals surface area contributed by atoms with E-state index in [1.165, 1.54) is 6.33 Å². The van der Waals surface area contributed by atoms with Crippen LogP contribution < -0.4 is 11.6 Å². The maximum absolute atomic E-state index is 9.86. The highest BCUT2D eigenvalue weighted by atomic mass is 16.6. The first kappa shape index (κ1) is 12.2. The first-order valence-electron chi connectivity index (χ1n) is 5.79. The SMILES string of the molecule is NOCC1OC(n2cnc3c(N)ncnc32)CC1O. The fraction of sp³-hybridized carbons (Fsp3) is 0.500. The van der Waals surface area contributed by atoms with Gasteiger partial charge in [-0.1, -0.05) is 0 Å². The van der Waals surface area contributed by atoms with Crippen LogP contribution in [0.15, 0.2) is 12.7 Å². The summed E-state index contributed by atoms with van der Waals surface area (Å²) < 4.78 is 7.39. The second-order valence-electron chi connectivity index (χ2n) is 4.35. The van der Waals surface area contributed by atoms with Crippen molar-refractivity contribution >= 4 is 17.0 Å². The van der Waals surface area contributed by atoms with E-state index in [2.05, 4.69) is 19.8 Å². The van der Waals surface area contributed by atoms with E-state index in [-0.39, 0.29) is 12.8 Å². The fourth-order valence-corrected chi connectivity index (χ4v) is 2.21. The summed E-state index contributed by atoms with van der Waals surface area (Å²) in [5, 5.41) is 9.86. The monoisotopic (exact) mass is 266 g/mol. The van der Waals surface area contributed by atoms with Crippen LogP contribution in [-0.4, -0.2) is 43.4 Å². The van der Waals surface area contributed by atoms with Crippen molar-refractivity contribution in [1.82, 2.24) is 19.5 Å². The smallest absolute Gasteiger partial charge is 0.167 e. The molecule has 1 saturated heterocycles. The number of hydrogen-bond donors (Lipinski definition) is 3. The number of rotatable bonds is 3. The van der Waals surface area contributed by atoms with Gasteiger partial charge in [0, 0.05) is 6.42 Å². The van der Waals surface area contributed by atoms with Crippen LogP contribution in [0, 0.1) is 0 Å². The first-order chi connectivity index (χ1) is 9.20. The molecule has 0 radical (unpaired) electrons. The number of nitrogen functional groups attached to an aromatic ring is 1. The number of ether oxygens (including phenoxy) is 1. The van der Waals surface area contributed by atoms with Gasteiger partial charge in [-0.15, -0.1) is 0 Å². The second kappa shape index (κ2) is 4.70. The normalized spacial score (nSPS) is 27.2. The molecule has 1 aliphatic heterocycles. The van der Waals surface area contributed by atoms with E-state index in [1.54, 1.807) is 10.9 Å². The number of aliphatic hydroxyl groups is 1. The average Bonchev–Trinajstić information content (AvgIpc) is 2.95. The van der Waals surface area contributed by atoms with Gasteiger partial charge in [-0.25, -0.2) is 20.8 Å². The number of nitrogens with zero attached hydrogens (tertiary/aromatic N) is 4. The highest BCUT2D eigenvalue weighted by Gasteiger charge is 2.35. The number of fused-ring (bicyclic) bond motifs is 1. The molecule has 102 valence electrons. The minimum atomic E-state index is -0.648. The summed E-state index contributed by atoms with van der Waals surface area (Å²) in [6.45, 7) is 0.126. The van der Waals surface area contributed by atoms with E-state index in [1.807, 2.05) is 0 Å². The predicted molar refractivity (Wildman–Crippen MR) is 64.4 cm³/mol. The van der Waals surface area contributed by atoms with Gasteiger partial charge < -0.3 is 20.4 Å². The Morgan fingerprint density at radius 1 is 1.47 bits per heavy atom. The van der Waals surface area contributed by atoms with Gasteiger partial charge in [0.25, 0.3) is 0 Å². The van der Waals surface area contributed by atoms with E-state index in [4.69, 9.17) is 16.4 Å². The Morgan fingerprint density at radius 3 is 3.11 bits per heavy atom. The van der Waals surface area contributed by atoms with Crippen LogP contribution >= 0.6 is 0 Å². The van der Waals surface area contributed by atoms with Crippen molar-refractivity contribution in [2.45, 2.75) is 24.9 Å². The number of aromatic nitrogens is 4. The van der Waals surface area contributed by atoms with E-state index < -0.39 is 12.2 Å². The molecular weight excluding hydrogens is 252 g/mol. The van der Waals surface area contributed by atoms with E-state index in [0.29, 0.717) is 23.4 Å². The minimum absolute atomic E-state index is 0.126. The van der Waals surface area contributed by atoms with Gasteiger partial charge in [-0.3, -0.25) is 4.57 Å². The van der Waals surface area contributed by atoms with Crippen molar-refractivity contribution in [3.63, 3.8) is 0 Å². The summed E-state index contributed by atoms with van der Waals surface area (Å²) in [5.41, 5.74) is 6.80. The van der Waals surface area contributed by atoms with Crippen molar-refractivity contribution in [3.8, 4) is 0 Å². The van der Waals surface area contributed by atoms with Crippen LogP contribution in [0.25, 0.3) is 11.2 Å². The third kappa shape index (κ3) is 2.02. The molecule has 3 atom stereocenters. The lowest BCUT2D eigenvalue weighted by molar-refractivity contribution is -0.0620. The molecule has 0 amide bonds. The molecule has 1 aliphatic rings. The van der Waals surface area contributed by atoms with Crippen molar-refractivity contribution in [3.05, 3.63) is 12.7 Å². The number of hydrogen-bond acceptors (Lipinski definition) is 8. The lowest BCUT2D eigenvalue weighted by Crippen LogP contribution is -2.27. The van der Waals surface area contributed by atoms with E-state index in [9.17, 15) is 5.11 Å². The van der Waals surface area contributed by atoms with Gasteiger partial charge in [-0.05, 0) is 0 Å². The zero-order valence-corrected chi connectivity index (χ0v) is 10.0. The highest BCUT2D eigenvalue weighted by Crippen LogP contribution is 2.31. The summed E-state index contributed by atoms with van der Waals surface area (Å²) >= 11 is 0. The summed E-state index contributed by atoms with van der Waals surface area (Å²) in [4.78, 5) is 16.7. The third-order valence-electron chi connectivity index (χ3n) is 3.16. The molecule has 9 nitrogen and oxygen atoms in total. The molecule has 19 heavy (non-hydrogen) atoms. The maximum Gasteiger partial charge on any atom is 0.167 e. The molecule has 3 rings (SSSR count). The predicted octanol–water partition coefficient (Wildman–Crippen LogP) is -1.05. The number of anilines is 1. The Kier molecular flexibility index (Phi) is 3.03. The second-order valence-corrected chi connectivity index (χ2v) is 4.35. The Morgan fingerprint density at radius 2 is 2.32 bits per heavy atom. The average molecular weight is 266 g/mol. The molecule has 2 aromatic heterocycles. The summed E-state index contributed by atoms with van der Waals surface area (Å²) in [7, 11) is 0. The van der Waals surface area contributed by atoms with Crippen LogP contribution in [0.4, 0.5) is 5.82 Å². The molecule has 0 bridgehead atoms. The lowest BCUT2D eigenvalue weighted by atomic mass is 10.2. The first-order valence-corrected chi connectivity index (χ1v) is 5.79. The molecule has 3 heterocycles. The van der Waals surface area contributed by atoms with Crippen LogP contribution in [0.1, 0.15) is 12.6 Å². The molecule has 3 unspecified atom stereocenters. The van der Waals surface area contributed by atoms with Crippen LogP contribution in [0.5, 0.6) is 0 Å². The fourth-order valence-electron chi connectivity index (χ4n) is 2.21. The van der Waals surface area contributed by atoms with Gasteiger partial charge in [0.15, 0.2) is 11.5 Å². The molecule has 0 spiro atoms. The number of aliphatic hydroxyl groups excluding tert-OH is 1. The Hall–Kier alpha value is -1.81. The summed E-state index contributed by atoms with van der Waals surface area (Å²) in [6, 6.07) is 0. The molecule has 0 saturated carbocycles. The summed E-state index contributed by atoms with van der Waals surface area (Å²) in [6.07, 6.45) is 1.84. The molecule has 9 heteroatoms. The van der Waals surface area contributed by atoms with Gasteiger partial charge in [-0.2, -0.15) is 0 Å². The molecule has 0 aliphatic carbocycles. The van der Waals surface area contributed by atoms with Crippen LogP contribution in [0.3, 0.4) is 0 Å². The molecule has 1 fully saturated rings. The zero-order chi connectivity index (χ0) is 13.4. The standard InChI is InChI=1S/C10H14N6O3/c11-9-8-10(14-3-13-9)16(4-15-8)7-1-5(17)6(19-7)2-18-12/h3-7,17H,1-2,12H2,(H2,11,13,14). The van der Waals surface area contributed by atoms with Crippen molar-refractivity contribution in [2.24, 2.45) is 5.90 Å².